The number of hydrogen-bond acceptors (Lipinski definition) is 9. The number of aromatic nitrogens is 3. The van der Waals surface area contributed by atoms with Crippen molar-refractivity contribution in [3.05, 3.63) is 105 Å². The number of fused-ring (bicyclic) bond motifs is 3. The molecule has 0 spiro atoms. The van der Waals surface area contributed by atoms with Gasteiger partial charge in [-0.15, -0.1) is 0 Å². The standard InChI is InChI=1S/C33H29FN4O8/c1-3-37-19-24(32(40)38(33(37)41)22-8-4-20(34)5-9-22)31(39)36-21-6-10-23(11-7-21)46-26-12-13-35-25-18-27(43-15-14-42-2)29-30(28(25)26)45-17-16-44-29/h4-13,18-19H,3,14-17H2,1-2H3,(H,36,39). The van der Waals surface area contributed by atoms with Crippen molar-refractivity contribution in [3.8, 4) is 34.4 Å². The van der Waals surface area contributed by atoms with Crippen LogP contribution < -0.4 is 35.5 Å². The molecule has 6 rings (SSSR count). The van der Waals surface area contributed by atoms with E-state index in [0.717, 1.165) is 16.7 Å². The van der Waals surface area contributed by atoms with Gasteiger partial charge >= 0.3 is 5.69 Å². The van der Waals surface area contributed by atoms with Gasteiger partial charge in [-0.05, 0) is 61.5 Å². The number of aryl methyl sites for hydroxylation is 1. The summed E-state index contributed by atoms with van der Waals surface area (Å²) in [6.45, 7) is 3.35. The smallest absolute Gasteiger partial charge is 0.335 e. The molecule has 1 N–H and O–H groups in total. The number of carbonyl (C=O) groups excluding carboxylic acids is 1. The zero-order valence-corrected chi connectivity index (χ0v) is 24.9. The van der Waals surface area contributed by atoms with E-state index in [2.05, 4.69) is 10.3 Å². The number of pyridine rings is 1. The number of anilines is 1. The van der Waals surface area contributed by atoms with E-state index in [-0.39, 0.29) is 17.8 Å². The highest BCUT2D eigenvalue weighted by Gasteiger charge is 2.25. The molecule has 236 valence electrons. The number of nitrogens with zero attached hydrogens (tertiary/aromatic N) is 3. The zero-order valence-electron chi connectivity index (χ0n) is 24.9. The second kappa shape index (κ2) is 13.1. The van der Waals surface area contributed by atoms with Crippen LogP contribution in [-0.4, -0.2) is 53.6 Å². The molecular weight excluding hydrogens is 599 g/mol. The minimum absolute atomic E-state index is 0.145. The molecule has 1 amide bonds. The predicted molar refractivity (Wildman–Crippen MR) is 167 cm³/mol. The fourth-order valence-electron chi connectivity index (χ4n) is 4.94. The Balaban J connectivity index is 1.25. The Kier molecular flexibility index (Phi) is 8.65. The van der Waals surface area contributed by atoms with Crippen molar-refractivity contribution < 1.29 is 32.9 Å². The maximum Gasteiger partial charge on any atom is 0.335 e. The van der Waals surface area contributed by atoms with Crippen molar-refractivity contribution in [2.75, 3.05) is 38.9 Å². The average molecular weight is 629 g/mol. The maximum atomic E-state index is 13.5. The normalized spacial score (nSPS) is 12.2. The fraction of sp³-hybridized carbons (Fsp3) is 0.212. The molecular formula is C33H29FN4O8. The molecule has 0 fully saturated rings. The van der Waals surface area contributed by atoms with E-state index in [1.807, 2.05) is 0 Å². The molecule has 3 heterocycles. The molecule has 46 heavy (non-hydrogen) atoms. The summed E-state index contributed by atoms with van der Waals surface area (Å²) in [5.74, 6) is 1.09. The number of nitrogens with one attached hydrogen (secondary N) is 1. The summed E-state index contributed by atoms with van der Waals surface area (Å²) in [4.78, 5) is 43.9. The fourth-order valence-corrected chi connectivity index (χ4v) is 4.94. The van der Waals surface area contributed by atoms with E-state index in [4.69, 9.17) is 23.7 Å². The third-order valence-corrected chi connectivity index (χ3v) is 7.15. The number of rotatable bonds is 10. The van der Waals surface area contributed by atoms with Crippen LogP contribution >= 0.6 is 0 Å². The van der Waals surface area contributed by atoms with E-state index in [1.54, 1.807) is 56.6 Å². The molecule has 0 atom stereocenters. The highest BCUT2D eigenvalue weighted by Crippen LogP contribution is 2.48. The van der Waals surface area contributed by atoms with Crippen LogP contribution in [0.5, 0.6) is 28.7 Å². The SMILES string of the molecule is CCn1cc(C(=O)Nc2ccc(Oc3ccnc4cc(OCCOC)c5c(c34)OCCO5)cc2)c(=O)n(-c2ccc(F)cc2)c1=O. The van der Waals surface area contributed by atoms with Crippen LogP contribution in [0.15, 0.2) is 82.6 Å². The first-order chi connectivity index (χ1) is 22.4. The van der Waals surface area contributed by atoms with Crippen molar-refractivity contribution in [1.82, 2.24) is 14.1 Å². The van der Waals surface area contributed by atoms with Crippen LogP contribution in [0.2, 0.25) is 0 Å². The van der Waals surface area contributed by atoms with E-state index < -0.39 is 23.0 Å². The van der Waals surface area contributed by atoms with Gasteiger partial charge in [0.1, 0.15) is 42.7 Å². The first-order valence-electron chi connectivity index (χ1n) is 14.4. The molecule has 0 unspecified atom stereocenters. The quantitative estimate of drug-likeness (QED) is 0.221. The van der Waals surface area contributed by atoms with Gasteiger partial charge in [-0.1, -0.05) is 0 Å². The van der Waals surface area contributed by atoms with Crippen molar-refractivity contribution in [1.29, 1.82) is 0 Å². The first-order valence-corrected chi connectivity index (χ1v) is 14.4. The van der Waals surface area contributed by atoms with Crippen molar-refractivity contribution in [3.63, 3.8) is 0 Å². The number of halogens is 1. The largest absolute Gasteiger partial charge is 0.487 e. The van der Waals surface area contributed by atoms with E-state index in [1.165, 1.54) is 22.9 Å². The van der Waals surface area contributed by atoms with Crippen LogP contribution in [0.4, 0.5) is 10.1 Å². The second-order valence-corrected chi connectivity index (χ2v) is 10.1. The molecule has 0 radical (unpaired) electrons. The minimum atomic E-state index is -0.829. The lowest BCUT2D eigenvalue weighted by Crippen LogP contribution is -2.42. The summed E-state index contributed by atoms with van der Waals surface area (Å²) < 4.78 is 44.6. The number of ether oxygens (including phenoxy) is 5. The lowest BCUT2D eigenvalue weighted by Gasteiger charge is -2.23. The summed E-state index contributed by atoms with van der Waals surface area (Å²) in [5, 5.41) is 3.30. The summed E-state index contributed by atoms with van der Waals surface area (Å²) in [6.07, 6.45) is 2.82. The zero-order chi connectivity index (χ0) is 32.2. The van der Waals surface area contributed by atoms with Crippen LogP contribution in [0, 0.1) is 5.82 Å². The number of amides is 1. The molecule has 5 aromatic rings. The Morgan fingerprint density at radius 2 is 1.72 bits per heavy atom. The number of hydrogen-bond donors (Lipinski definition) is 1. The molecule has 1 aliphatic rings. The van der Waals surface area contributed by atoms with Crippen LogP contribution in [0.1, 0.15) is 17.3 Å². The van der Waals surface area contributed by atoms with Gasteiger partial charge in [-0.25, -0.2) is 13.8 Å². The van der Waals surface area contributed by atoms with Crippen LogP contribution in [0.25, 0.3) is 16.6 Å². The number of carbonyl (C=O) groups is 1. The van der Waals surface area contributed by atoms with Gasteiger partial charge in [0.2, 0.25) is 5.75 Å². The van der Waals surface area contributed by atoms with Gasteiger partial charge in [-0.3, -0.25) is 19.1 Å². The summed E-state index contributed by atoms with van der Waals surface area (Å²) in [5.41, 5.74) is -0.624. The van der Waals surface area contributed by atoms with Gasteiger partial charge in [0, 0.05) is 37.8 Å². The Morgan fingerprint density at radius 1 is 0.978 bits per heavy atom. The van der Waals surface area contributed by atoms with Crippen molar-refractivity contribution in [2.45, 2.75) is 13.5 Å². The Hall–Kier alpha value is -5.69. The Morgan fingerprint density at radius 3 is 2.43 bits per heavy atom. The highest BCUT2D eigenvalue weighted by atomic mass is 19.1. The monoisotopic (exact) mass is 628 g/mol. The lowest BCUT2D eigenvalue weighted by atomic mass is 10.1. The first kappa shape index (κ1) is 30.3. The summed E-state index contributed by atoms with van der Waals surface area (Å²) in [7, 11) is 1.59. The molecule has 0 aliphatic carbocycles. The molecule has 0 saturated carbocycles. The van der Waals surface area contributed by atoms with Gasteiger partial charge in [0.05, 0.1) is 23.2 Å². The molecule has 12 nitrogen and oxygen atoms in total. The number of methoxy groups -OCH3 is 1. The van der Waals surface area contributed by atoms with Gasteiger partial charge in [0.15, 0.2) is 11.5 Å². The molecule has 0 saturated heterocycles. The molecule has 1 aliphatic heterocycles. The summed E-state index contributed by atoms with van der Waals surface area (Å²) in [6, 6.07) is 14.9. The molecule has 0 bridgehead atoms. The third-order valence-electron chi connectivity index (χ3n) is 7.15. The van der Waals surface area contributed by atoms with Crippen molar-refractivity contribution in [2.24, 2.45) is 0 Å². The second-order valence-electron chi connectivity index (χ2n) is 10.1. The Labute approximate surface area is 261 Å². The van der Waals surface area contributed by atoms with Crippen LogP contribution in [0.3, 0.4) is 0 Å². The minimum Gasteiger partial charge on any atom is -0.487 e. The molecule has 13 heteroatoms. The predicted octanol–water partition coefficient (Wildman–Crippen LogP) is 4.55. The average Bonchev–Trinajstić information content (AvgIpc) is 3.06. The molecule has 3 aromatic carbocycles. The summed E-state index contributed by atoms with van der Waals surface area (Å²) >= 11 is 0. The van der Waals surface area contributed by atoms with E-state index in [0.29, 0.717) is 71.8 Å². The lowest BCUT2D eigenvalue weighted by molar-refractivity contribution is 0.102. The van der Waals surface area contributed by atoms with Crippen LogP contribution in [-0.2, 0) is 11.3 Å². The van der Waals surface area contributed by atoms with Crippen molar-refractivity contribution >= 4 is 22.5 Å². The van der Waals surface area contributed by atoms with Gasteiger partial charge in [-0.2, -0.15) is 0 Å². The van der Waals surface area contributed by atoms with Gasteiger partial charge < -0.3 is 29.0 Å². The topological polar surface area (TPSA) is 132 Å². The number of benzene rings is 3. The van der Waals surface area contributed by atoms with Gasteiger partial charge in [0.25, 0.3) is 11.5 Å². The maximum absolute atomic E-state index is 13.5. The highest BCUT2D eigenvalue weighted by molar-refractivity contribution is 6.04. The van der Waals surface area contributed by atoms with E-state index in [9.17, 15) is 18.8 Å². The van der Waals surface area contributed by atoms with E-state index >= 15 is 0 Å². The Bertz CT molecular complexity index is 2020. The molecule has 2 aromatic heterocycles. The third kappa shape index (κ3) is 6.00.